The van der Waals surface area contributed by atoms with Gasteiger partial charge in [-0.2, -0.15) is 0 Å². The number of nitrogen functional groups attached to an aromatic ring is 1. The number of para-hydroxylation sites is 2. The summed E-state index contributed by atoms with van der Waals surface area (Å²) in [5.74, 6) is 0.217. The van der Waals surface area contributed by atoms with Crippen molar-refractivity contribution in [2.45, 2.75) is 25.7 Å². The van der Waals surface area contributed by atoms with Crippen molar-refractivity contribution >= 4 is 17.3 Å². The van der Waals surface area contributed by atoms with Crippen LogP contribution in [0.5, 0.6) is 0 Å². The van der Waals surface area contributed by atoms with Crippen molar-refractivity contribution < 1.29 is 4.79 Å². The molecular weight excluding hydrogens is 260 g/mol. The van der Waals surface area contributed by atoms with Gasteiger partial charge >= 0.3 is 0 Å². The quantitative estimate of drug-likeness (QED) is 0.878. The Kier molecular flexibility index (Phi) is 3.91. The first-order valence-electron chi connectivity index (χ1n) is 7.47. The van der Waals surface area contributed by atoms with Crippen LogP contribution in [0.2, 0.25) is 0 Å². The van der Waals surface area contributed by atoms with Gasteiger partial charge in [-0.15, -0.1) is 0 Å². The summed E-state index contributed by atoms with van der Waals surface area (Å²) >= 11 is 0. The summed E-state index contributed by atoms with van der Waals surface area (Å²) in [4.78, 5) is 14.3. The SMILES string of the molecule is Nc1ccccc1CCN1C(=O)CCCc2ccccc21. The van der Waals surface area contributed by atoms with Crippen molar-refractivity contribution in [1.29, 1.82) is 0 Å². The Morgan fingerprint density at radius 3 is 2.62 bits per heavy atom. The lowest BCUT2D eigenvalue weighted by atomic mass is 10.1. The predicted molar refractivity (Wildman–Crippen MR) is 86.3 cm³/mol. The van der Waals surface area contributed by atoms with Gasteiger partial charge < -0.3 is 10.6 Å². The van der Waals surface area contributed by atoms with E-state index in [0.717, 1.165) is 36.2 Å². The van der Waals surface area contributed by atoms with Gasteiger partial charge in [-0.3, -0.25) is 4.79 Å². The lowest BCUT2D eigenvalue weighted by Crippen LogP contribution is -2.32. The monoisotopic (exact) mass is 280 g/mol. The van der Waals surface area contributed by atoms with Crippen molar-refractivity contribution in [3.05, 3.63) is 59.7 Å². The van der Waals surface area contributed by atoms with Crippen LogP contribution in [0, 0.1) is 0 Å². The normalized spacial score (nSPS) is 14.7. The molecule has 21 heavy (non-hydrogen) atoms. The molecule has 108 valence electrons. The highest BCUT2D eigenvalue weighted by Crippen LogP contribution is 2.27. The third kappa shape index (κ3) is 2.92. The van der Waals surface area contributed by atoms with Gasteiger partial charge in [-0.05, 0) is 42.5 Å². The molecule has 1 aliphatic rings. The number of hydrogen-bond donors (Lipinski definition) is 1. The second kappa shape index (κ2) is 6.00. The van der Waals surface area contributed by atoms with E-state index in [2.05, 4.69) is 6.07 Å². The van der Waals surface area contributed by atoms with Crippen LogP contribution in [-0.2, 0) is 17.6 Å². The third-order valence-corrected chi connectivity index (χ3v) is 4.08. The zero-order valence-electron chi connectivity index (χ0n) is 12.1. The van der Waals surface area contributed by atoms with E-state index in [1.807, 2.05) is 47.4 Å². The third-order valence-electron chi connectivity index (χ3n) is 4.08. The molecule has 3 heteroatoms. The number of aryl methyl sites for hydroxylation is 1. The molecule has 3 rings (SSSR count). The maximum Gasteiger partial charge on any atom is 0.227 e. The summed E-state index contributed by atoms with van der Waals surface area (Å²) in [6.45, 7) is 0.685. The number of benzene rings is 2. The standard InChI is InChI=1S/C18H20N2O/c19-16-9-3-1-6-14(16)12-13-20-17-10-4-2-7-15(17)8-5-11-18(20)21/h1-4,6-7,9-10H,5,8,11-13,19H2. The van der Waals surface area contributed by atoms with Gasteiger partial charge in [-0.1, -0.05) is 36.4 Å². The summed E-state index contributed by atoms with van der Waals surface area (Å²) in [5, 5.41) is 0. The molecule has 0 aromatic heterocycles. The molecule has 0 radical (unpaired) electrons. The van der Waals surface area contributed by atoms with Crippen LogP contribution in [0.3, 0.4) is 0 Å². The topological polar surface area (TPSA) is 46.3 Å². The average molecular weight is 280 g/mol. The van der Waals surface area contributed by atoms with Gasteiger partial charge in [0.15, 0.2) is 0 Å². The maximum atomic E-state index is 12.4. The molecule has 1 heterocycles. The number of hydrogen-bond acceptors (Lipinski definition) is 2. The Morgan fingerprint density at radius 1 is 1.00 bits per heavy atom. The van der Waals surface area contributed by atoms with Crippen molar-refractivity contribution in [3.8, 4) is 0 Å². The van der Waals surface area contributed by atoms with E-state index in [9.17, 15) is 4.79 Å². The molecule has 1 amide bonds. The smallest absolute Gasteiger partial charge is 0.227 e. The lowest BCUT2D eigenvalue weighted by molar-refractivity contribution is -0.118. The van der Waals surface area contributed by atoms with Gasteiger partial charge in [0.2, 0.25) is 5.91 Å². The molecule has 0 saturated heterocycles. The Hall–Kier alpha value is -2.29. The summed E-state index contributed by atoms with van der Waals surface area (Å²) in [6, 6.07) is 16.1. The molecule has 0 saturated carbocycles. The number of nitrogens with zero attached hydrogens (tertiary/aromatic N) is 1. The highest BCUT2D eigenvalue weighted by atomic mass is 16.2. The van der Waals surface area contributed by atoms with Gasteiger partial charge in [0.1, 0.15) is 0 Å². The van der Waals surface area contributed by atoms with E-state index in [1.54, 1.807) is 0 Å². The number of carbonyl (C=O) groups is 1. The number of amides is 1. The first-order valence-corrected chi connectivity index (χ1v) is 7.47. The highest BCUT2D eigenvalue weighted by molar-refractivity contribution is 5.94. The summed E-state index contributed by atoms with van der Waals surface area (Å²) in [5.41, 5.74) is 10.2. The van der Waals surface area contributed by atoms with E-state index in [4.69, 9.17) is 5.73 Å². The molecule has 0 unspecified atom stereocenters. The Bertz CT molecular complexity index is 651. The molecule has 3 nitrogen and oxygen atoms in total. The van der Waals surface area contributed by atoms with Crippen LogP contribution >= 0.6 is 0 Å². The number of rotatable bonds is 3. The number of nitrogens with two attached hydrogens (primary N) is 1. The van der Waals surface area contributed by atoms with Gasteiger partial charge in [0.05, 0.1) is 0 Å². The minimum absolute atomic E-state index is 0.217. The highest BCUT2D eigenvalue weighted by Gasteiger charge is 2.21. The largest absolute Gasteiger partial charge is 0.399 e. The first kappa shape index (κ1) is 13.7. The van der Waals surface area contributed by atoms with Crippen LogP contribution < -0.4 is 10.6 Å². The maximum absolute atomic E-state index is 12.4. The fourth-order valence-electron chi connectivity index (χ4n) is 2.92. The van der Waals surface area contributed by atoms with Crippen molar-refractivity contribution in [3.63, 3.8) is 0 Å². The Labute approximate surface area is 125 Å². The van der Waals surface area contributed by atoms with Gasteiger partial charge in [0, 0.05) is 24.3 Å². The van der Waals surface area contributed by atoms with E-state index in [-0.39, 0.29) is 5.91 Å². The number of carbonyl (C=O) groups excluding carboxylic acids is 1. The minimum atomic E-state index is 0.217. The van der Waals surface area contributed by atoms with Gasteiger partial charge in [0.25, 0.3) is 0 Å². The van der Waals surface area contributed by atoms with Crippen LogP contribution in [0.4, 0.5) is 11.4 Å². The molecule has 0 spiro atoms. The molecule has 0 bridgehead atoms. The van der Waals surface area contributed by atoms with Gasteiger partial charge in [-0.25, -0.2) is 0 Å². The Morgan fingerprint density at radius 2 is 1.76 bits per heavy atom. The summed E-state index contributed by atoms with van der Waals surface area (Å²) in [7, 11) is 0. The predicted octanol–water partition coefficient (Wildman–Crippen LogP) is 3.18. The van der Waals surface area contributed by atoms with Crippen molar-refractivity contribution in [1.82, 2.24) is 0 Å². The zero-order chi connectivity index (χ0) is 14.7. The second-order valence-corrected chi connectivity index (χ2v) is 5.48. The summed E-state index contributed by atoms with van der Waals surface area (Å²) in [6.07, 6.45) is 3.32. The van der Waals surface area contributed by atoms with E-state index >= 15 is 0 Å². The van der Waals surface area contributed by atoms with Crippen LogP contribution in [-0.4, -0.2) is 12.5 Å². The number of anilines is 2. The van der Waals surface area contributed by atoms with Crippen LogP contribution in [0.25, 0.3) is 0 Å². The molecule has 0 fully saturated rings. The molecule has 0 atom stereocenters. The lowest BCUT2D eigenvalue weighted by Gasteiger charge is -2.23. The number of fused-ring (bicyclic) bond motifs is 1. The summed E-state index contributed by atoms with van der Waals surface area (Å²) < 4.78 is 0. The van der Waals surface area contributed by atoms with E-state index in [0.29, 0.717) is 13.0 Å². The fraction of sp³-hybridized carbons (Fsp3) is 0.278. The molecule has 0 aliphatic carbocycles. The first-order chi connectivity index (χ1) is 10.3. The van der Waals surface area contributed by atoms with Crippen molar-refractivity contribution in [2.24, 2.45) is 0 Å². The molecule has 1 aliphatic heterocycles. The van der Waals surface area contributed by atoms with Crippen LogP contribution in [0.15, 0.2) is 48.5 Å². The van der Waals surface area contributed by atoms with E-state index < -0.39 is 0 Å². The molecular formula is C18H20N2O. The Balaban J connectivity index is 1.83. The van der Waals surface area contributed by atoms with Crippen molar-refractivity contribution in [2.75, 3.05) is 17.2 Å². The molecule has 2 aromatic carbocycles. The van der Waals surface area contributed by atoms with E-state index in [1.165, 1.54) is 5.56 Å². The second-order valence-electron chi connectivity index (χ2n) is 5.48. The average Bonchev–Trinajstić information content (AvgIpc) is 2.65. The molecule has 2 aromatic rings. The van der Waals surface area contributed by atoms with Crippen LogP contribution in [0.1, 0.15) is 24.0 Å². The minimum Gasteiger partial charge on any atom is -0.399 e. The zero-order valence-corrected chi connectivity index (χ0v) is 12.1. The molecule has 2 N–H and O–H groups in total. The fourth-order valence-corrected chi connectivity index (χ4v) is 2.92.